The highest BCUT2D eigenvalue weighted by atomic mass is 16.4. The van der Waals surface area contributed by atoms with E-state index in [0.717, 1.165) is 24.7 Å². The van der Waals surface area contributed by atoms with Crippen molar-refractivity contribution in [2.45, 2.75) is 70.1 Å². The molecule has 27 heavy (non-hydrogen) atoms. The molecule has 4 aliphatic rings. The normalized spacial score (nSPS) is 34.7. The zero-order chi connectivity index (χ0) is 19.6. The molecule has 4 fully saturated rings. The molecule has 4 bridgehead atoms. The third kappa shape index (κ3) is 4.36. The topological polar surface area (TPSA) is 104 Å². The Kier molecular flexibility index (Phi) is 6.56. The lowest BCUT2D eigenvalue weighted by atomic mass is 9.53. The molecule has 150 valence electrons. The zero-order valence-corrected chi connectivity index (χ0v) is 16.1. The number of aliphatic hydroxyl groups is 2. The number of aromatic carboxylic acids is 1. The molecule has 0 aromatic heterocycles. The molecular weight excluding hydrogens is 342 g/mol. The van der Waals surface area contributed by atoms with Crippen LogP contribution in [0, 0.1) is 23.7 Å². The van der Waals surface area contributed by atoms with E-state index in [0.29, 0.717) is 29.9 Å². The first-order chi connectivity index (χ1) is 12.9. The molecule has 0 saturated heterocycles. The number of carboxylic acid groups (broad SMARTS) is 1. The van der Waals surface area contributed by atoms with Gasteiger partial charge in [0.2, 0.25) is 0 Å². The Morgan fingerprint density at radius 2 is 1.89 bits per heavy atom. The maximum Gasteiger partial charge on any atom is 0.336 e. The SMILES string of the molecule is CCCCC(O)c1ccccc1C(=O)O.NC1C2CC3CC(C2)C(O)C1C3. The lowest BCUT2D eigenvalue weighted by Gasteiger charge is -2.55. The van der Waals surface area contributed by atoms with Crippen LogP contribution in [0.15, 0.2) is 24.3 Å². The third-order valence-electron chi connectivity index (χ3n) is 6.82. The molecule has 0 amide bonds. The molecular formula is C22H33NO4. The molecule has 0 radical (unpaired) electrons. The molecule has 1 aromatic carbocycles. The summed E-state index contributed by atoms with van der Waals surface area (Å²) in [5.74, 6) is 1.72. The summed E-state index contributed by atoms with van der Waals surface area (Å²) in [7, 11) is 0. The highest BCUT2D eigenvalue weighted by molar-refractivity contribution is 5.89. The van der Waals surface area contributed by atoms with Crippen LogP contribution in [0.4, 0.5) is 0 Å². The quantitative estimate of drug-likeness (QED) is 0.632. The highest BCUT2D eigenvalue weighted by Gasteiger charge is 2.51. The van der Waals surface area contributed by atoms with Crippen molar-refractivity contribution in [3.8, 4) is 0 Å². The van der Waals surface area contributed by atoms with Gasteiger partial charge in [0, 0.05) is 12.0 Å². The van der Waals surface area contributed by atoms with E-state index in [1.807, 2.05) is 6.92 Å². The van der Waals surface area contributed by atoms with Crippen LogP contribution in [-0.2, 0) is 0 Å². The largest absolute Gasteiger partial charge is 0.478 e. The fourth-order valence-corrected chi connectivity index (χ4v) is 5.46. The van der Waals surface area contributed by atoms with Crippen molar-refractivity contribution in [1.29, 1.82) is 0 Å². The monoisotopic (exact) mass is 375 g/mol. The molecule has 7 atom stereocenters. The predicted octanol–water partition coefficient (Wildman–Crippen LogP) is 3.35. The van der Waals surface area contributed by atoms with Crippen LogP contribution in [0.1, 0.15) is 73.9 Å². The average Bonchev–Trinajstić information content (AvgIpc) is 2.67. The fourth-order valence-electron chi connectivity index (χ4n) is 5.46. The minimum Gasteiger partial charge on any atom is -0.478 e. The zero-order valence-electron chi connectivity index (χ0n) is 16.1. The number of unbranched alkanes of at least 4 members (excludes halogenated alkanes) is 1. The smallest absolute Gasteiger partial charge is 0.336 e. The van der Waals surface area contributed by atoms with Gasteiger partial charge in [0.1, 0.15) is 0 Å². The van der Waals surface area contributed by atoms with Gasteiger partial charge in [-0.15, -0.1) is 0 Å². The molecule has 0 heterocycles. The number of nitrogens with two attached hydrogens (primary N) is 1. The van der Waals surface area contributed by atoms with Crippen LogP contribution in [0.5, 0.6) is 0 Å². The minimum absolute atomic E-state index is 0.0622. The summed E-state index contributed by atoms with van der Waals surface area (Å²) >= 11 is 0. The maximum absolute atomic E-state index is 10.9. The van der Waals surface area contributed by atoms with E-state index in [9.17, 15) is 15.0 Å². The van der Waals surface area contributed by atoms with E-state index >= 15 is 0 Å². The second-order valence-corrected chi connectivity index (χ2v) is 8.61. The first-order valence-corrected chi connectivity index (χ1v) is 10.4. The van der Waals surface area contributed by atoms with Gasteiger partial charge in [-0.1, -0.05) is 38.0 Å². The van der Waals surface area contributed by atoms with Crippen LogP contribution in [0.25, 0.3) is 0 Å². The van der Waals surface area contributed by atoms with Gasteiger partial charge in [0.05, 0.1) is 17.8 Å². The van der Waals surface area contributed by atoms with E-state index in [4.69, 9.17) is 10.8 Å². The Hall–Kier alpha value is -1.43. The van der Waals surface area contributed by atoms with Crippen molar-refractivity contribution in [3.05, 3.63) is 35.4 Å². The summed E-state index contributed by atoms with van der Waals surface area (Å²) < 4.78 is 0. The standard InChI is InChI=1S/C12H16O3.C10H17NO/c1-2-3-8-11(13)9-6-4-5-7-10(9)12(14)15;11-9-6-1-5-2-7(4-6)10(12)8(9)3-5/h4-7,11,13H,2-3,8H2,1H3,(H,14,15);5-10,12H,1-4,11H2. The number of aliphatic hydroxyl groups excluding tert-OH is 2. The van der Waals surface area contributed by atoms with Crippen molar-refractivity contribution in [1.82, 2.24) is 0 Å². The number of carbonyl (C=O) groups is 1. The van der Waals surface area contributed by atoms with Crippen LogP contribution < -0.4 is 5.73 Å². The summed E-state index contributed by atoms with van der Waals surface area (Å²) in [6, 6.07) is 6.92. The van der Waals surface area contributed by atoms with Crippen molar-refractivity contribution >= 4 is 5.97 Å². The van der Waals surface area contributed by atoms with E-state index < -0.39 is 12.1 Å². The van der Waals surface area contributed by atoms with Crippen LogP contribution in [0.2, 0.25) is 0 Å². The number of rotatable bonds is 5. The minimum atomic E-state index is -0.985. The second kappa shape index (κ2) is 8.72. The van der Waals surface area contributed by atoms with Gasteiger partial charge in [-0.05, 0) is 61.5 Å². The Morgan fingerprint density at radius 1 is 1.19 bits per heavy atom. The Bertz CT molecular complexity index is 631. The molecule has 4 aliphatic carbocycles. The molecule has 7 unspecified atom stereocenters. The average molecular weight is 376 g/mol. The van der Waals surface area contributed by atoms with Gasteiger partial charge in [-0.25, -0.2) is 4.79 Å². The Labute approximate surface area is 161 Å². The van der Waals surface area contributed by atoms with Gasteiger partial charge in [0.25, 0.3) is 0 Å². The number of hydrogen-bond acceptors (Lipinski definition) is 4. The van der Waals surface area contributed by atoms with E-state index in [-0.39, 0.29) is 11.7 Å². The molecule has 5 nitrogen and oxygen atoms in total. The van der Waals surface area contributed by atoms with Crippen molar-refractivity contribution in [2.75, 3.05) is 0 Å². The second-order valence-electron chi connectivity index (χ2n) is 8.61. The van der Waals surface area contributed by atoms with Crippen LogP contribution in [0.3, 0.4) is 0 Å². The van der Waals surface area contributed by atoms with Gasteiger partial charge in [-0.2, -0.15) is 0 Å². The predicted molar refractivity (Wildman–Crippen MR) is 104 cm³/mol. The Morgan fingerprint density at radius 3 is 2.59 bits per heavy atom. The summed E-state index contributed by atoms with van der Waals surface area (Å²) in [6.07, 6.45) is 6.80. The fraction of sp³-hybridized carbons (Fsp3) is 0.682. The van der Waals surface area contributed by atoms with Gasteiger partial charge in [0.15, 0.2) is 0 Å². The lowest BCUT2D eigenvalue weighted by Crippen LogP contribution is -2.59. The van der Waals surface area contributed by atoms with E-state index in [1.54, 1.807) is 18.2 Å². The van der Waals surface area contributed by atoms with Crippen LogP contribution >= 0.6 is 0 Å². The van der Waals surface area contributed by atoms with Crippen molar-refractivity contribution in [2.24, 2.45) is 29.4 Å². The van der Waals surface area contributed by atoms with Crippen molar-refractivity contribution in [3.63, 3.8) is 0 Å². The van der Waals surface area contributed by atoms with Gasteiger partial charge >= 0.3 is 5.97 Å². The van der Waals surface area contributed by atoms with Crippen molar-refractivity contribution < 1.29 is 20.1 Å². The van der Waals surface area contributed by atoms with Gasteiger partial charge < -0.3 is 21.1 Å². The van der Waals surface area contributed by atoms with E-state index in [2.05, 4.69) is 0 Å². The van der Waals surface area contributed by atoms with Gasteiger partial charge in [-0.3, -0.25) is 0 Å². The van der Waals surface area contributed by atoms with Crippen LogP contribution in [-0.4, -0.2) is 33.4 Å². The van der Waals surface area contributed by atoms with E-state index in [1.165, 1.54) is 31.7 Å². The molecule has 0 spiro atoms. The maximum atomic E-state index is 10.9. The first-order valence-electron chi connectivity index (χ1n) is 10.4. The summed E-state index contributed by atoms with van der Waals surface area (Å²) in [5, 5.41) is 28.7. The summed E-state index contributed by atoms with van der Waals surface area (Å²) in [5.41, 5.74) is 6.81. The summed E-state index contributed by atoms with van der Waals surface area (Å²) in [6.45, 7) is 2.04. The number of hydrogen-bond donors (Lipinski definition) is 4. The highest BCUT2D eigenvalue weighted by Crippen LogP contribution is 2.53. The molecule has 5 N–H and O–H groups in total. The number of benzene rings is 1. The molecule has 4 saturated carbocycles. The molecule has 5 heteroatoms. The lowest BCUT2D eigenvalue weighted by molar-refractivity contribution is -0.104. The third-order valence-corrected chi connectivity index (χ3v) is 6.82. The number of carboxylic acids is 1. The molecule has 1 aromatic rings. The first kappa shape index (κ1) is 20.3. The molecule has 0 aliphatic heterocycles. The molecule has 5 rings (SSSR count). The summed E-state index contributed by atoms with van der Waals surface area (Å²) in [4.78, 5) is 10.9. The Balaban J connectivity index is 0.000000158.